The summed E-state index contributed by atoms with van der Waals surface area (Å²) < 4.78 is 42.7. The molecule has 0 saturated heterocycles. The molecule has 0 aromatic carbocycles. The molecule has 0 aromatic heterocycles. The second kappa shape index (κ2) is 36.5. The molecule has 0 aliphatic heterocycles. The van der Waals surface area contributed by atoms with Crippen LogP contribution in [0.5, 0.6) is 0 Å². The van der Waals surface area contributed by atoms with Crippen LogP contribution in [-0.2, 0) is 52.3 Å². The van der Waals surface area contributed by atoms with Gasteiger partial charge < -0.3 is 43.2 Å². The van der Waals surface area contributed by atoms with Crippen molar-refractivity contribution < 1.29 is 52.3 Å². The maximum absolute atomic E-state index is 13.4. The van der Waals surface area contributed by atoms with Crippen molar-refractivity contribution in [3.05, 3.63) is 0 Å². The molecule has 0 rings (SSSR count). The van der Waals surface area contributed by atoms with Crippen molar-refractivity contribution in [2.75, 3.05) is 130 Å². The van der Waals surface area contributed by atoms with Gasteiger partial charge >= 0.3 is 0 Å². The van der Waals surface area contributed by atoms with Crippen LogP contribution in [0.3, 0.4) is 0 Å². The van der Waals surface area contributed by atoms with Crippen LogP contribution in [0.4, 0.5) is 0 Å². The molecule has 0 spiro atoms. The molecule has 1 unspecified atom stereocenters. The number of hydrogen-bond donors (Lipinski definition) is 1. The van der Waals surface area contributed by atoms with Gasteiger partial charge in [0.15, 0.2) is 5.78 Å². The number of ketones is 2. The first-order valence-electron chi connectivity index (χ1n) is 18.2. The van der Waals surface area contributed by atoms with E-state index in [-0.39, 0.29) is 41.6 Å². The zero-order chi connectivity index (χ0) is 37.1. The molecule has 50 heavy (non-hydrogen) atoms. The Kier molecular flexibility index (Phi) is 36.0. The summed E-state index contributed by atoms with van der Waals surface area (Å²) in [5.41, 5.74) is 0. The van der Waals surface area contributed by atoms with E-state index in [4.69, 9.17) is 37.9 Å². The average molecular weight is 756 g/mol. The van der Waals surface area contributed by atoms with Crippen LogP contribution in [0.1, 0.15) is 59.8 Å². The van der Waals surface area contributed by atoms with Gasteiger partial charge in [-0.15, -0.1) is 0 Å². The van der Waals surface area contributed by atoms with Crippen molar-refractivity contribution in [1.82, 2.24) is 5.32 Å². The van der Waals surface area contributed by atoms with E-state index >= 15 is 0 Å². The van der Waals surface area contributed by atoms with Gasteiger partial charge in [-0.2, -0.15) is 23.5 Å². The molecule has 12 nitrogen and oxygen atoms in total. The van der Waals surface area contributed by atoms with Gasteiger partial charge in [0.2, 0.25) is 5.91 Å². The first-order valence-corrected chi connectivity index (χ1v) is 20.5. The molecular weight excluding hydrogens is 687 g/mol. The third kappa shape index (κ3) is 30.8. The third-order valence-corrected chi connectivity index (χ3v) is 9.57. The summed E-state index contributed by atoms with van der Waals surface area (Å²) in [4.78, 5) is 39.1. The van der Waals surface area contributed by atoms with Crippen LogP contribution in [-0.4, -0.2) is 153 Å². The lowest BCUT2D eigenvalue weighted by Gasteiger charge is -2.24. The Bertz CT molecular complexity index is 810. The zero-order valence-corrected chi connectivity index (χ0v) is 33.5. The quantitative estimate of drug-likeness (QED) is 0.0892. The van der Waals surface area contributed by atoms with Crippen molar-refractivity contribution in [1.29, 1.82) is 0 Å². The lowest BCUT2D eigenvalue weighted by atomic mass is 9.89. The van der Waals surface area contributed by atoms with Crippen LogP contribution in [0, 0.1) is 17.8 Å². The smallest absolute Gasteiger partial charge is 0.223 e. The van der Waals surface area contributed by atoms with Crippen LogP contribution in [0.15, 0.2) is 0 Å². The van der Waals surface area contributed by atoms with Gasteiger partial charge in [0.05, 0.1) is 98.5 Å². The van der Waals surface area contributed by atoms with Gasteiger partial charge in [-0.3, -0.25) is 14.4 Å². The molecule has 0 aromatic rings. The van der Waals surface area contributed by atoms with Crippen molar-refractivity contribution in [3.63, 3.8) is 0 Å². The molecule has 14 heteroatoms. The summed E-state index contributed by atoms with van der Waals surface area (Å²) in [6.45, 7) is 15.4. The lowest BCUT2D eigenvalue weighted by molar-refractivity contribution is -0.132. The second-order valence-electron chi connectivity index (χ2n) is 12.2. The highest BCUT2D eigenvalue weighted by atomic mass is 32.2. The first kappa shape index (κ1) is 49.2. The van der Waals surface area contributed by atoms with Crippen LogP contribution < -0.4 is 5.32 Å². The number of thioether (sulfide) groups is 2. The normalized spacial score (nSPS) is 13.4. The Hall–Kier alpha value is -0.810. The zero-order valence-electron chi connectivity index (χ0n) is 31.9. The number of Topliss-reactive ketones (excluding diaryl/α,β-unsaturated/α-hetero) is 2. The third-order valence-electron chi connectivity index (χ3n) is 7.62. The monoisotopic (exact) mass is 755 g/mol. The highest BCUT2D eigenvalue weighted by molar-refractivity contribution is 7.99. The van der Waals surface area contributed by atoms with E-state index < -0.39 is 6.04 Å². The molecule has 0 aliphatic carbocycles. The number of carbonyl (C=O) groups is 3. The number of carbonyl (C=O) groups excluding carboxylic acids is 3. The lowest BCUT2D eigenvalue weighted by Crippen LogP contribution is -2.45. The summed E-state index contributed by atoms with van der Waals surface area (Å²) >= 11 is 3.46. The molecule has 296 valence electrons. The second-order valence-corrected chi connectivity index (χ2v) is 14.7. The van der Waals surface area contributed by atoms with Gasteiger partial charge in [-0.1, -0.05) is 20.8 Å². The predicted molar refractivity (Wildman–Crippen MR) is 202 cm³/mol. The summed E-state index contributed by atoms with van der Waals surface area (Å²) in [6, 6.07) is -0.584. The Balaban J connectivity index is 4.32. The number of amides is 1. The van der Waals surface area contributed by atoms with Crippen molar-refractivity contribution in [2.24, 2.45) is 17.8 Å². The Morgan fingerprint density at radius 3 is 1.36 bits per heavy atom. The Morgan fingerprint density at radius 2 is 0.980 bits per heavy atom. The Morgan fingerprint density at radius 1 is 0.580 bits per heavy atom. The first-order chi connectivity index (χ1) is 24.3. The number of methoxy groups -OCH3 is 2. The van der Waals surface area contributed by atoms with E-state index in [9.17, 15) is 14.4 Å². The molecule has 0 heterocycles. The van der Waals surface area contributed by atoms with E-state index in [0.717, 1.165) is 29.4 Å². The fourth-order valence-corrected chi connectivity index (χ4v) is 6.43. The summed E-state index contributed by atoms with van der Waals surface area (Å²) in [6.07, 6.45) is 2.76. The van der Waals surface area contributed by atoms with E-state index in [1.54, 1.807) is 44.7 Å². The molecule has 0 saturated carbocycles. The molecule has 0 aliphatic rings. The van der Waals surface area contributed by atoms with Gasteiger partial charge in [-0.25, -0.2) is 0 Å². The standard InChI is InChI=1S/C36H69NO11S2/c1-7-32(8-24-49-26-22-47-20-18-45-16-14-43-12-10-41-5)36(40)37-34(28-30(2)3)35(39)29-33(31(4)38)9-25-50-27-23-48-21-19-46-17-15-44-13-11-42-6/h30,32-34H,7-29H2,1-6H3,(H,37,40)/t32-,33?,34-/m0/s1. The van der Waals surface area contributed by atoms with Crippen molar-refractivity contribution in [2.45, 2.75) is 65.8 Å². The molecule has 3 atom stereocenters. The number of rotatable bonds is 39. The highest BCUT2D eigenvalue weighted by Gasteiger charge is 2.28. The van der Waals surface area contributed by atoms with Crippen LogP contribution in [0.25, 0.3) is 0 Å². The molecule has 0 bridgehead atoms. The van der Waals surface area contributed by atoms with E-state index in [2.05, 4.69) is 5.32 Å². The maximum atomic E-state index is 13.4. The minimum atomic E-state index is -0.584. The maximum Gasteiger partial charge on any atom is 0.223 e. The summed E-state index contributed by atoms with van der Waals surface area (Å²) in [7, 11) is 3.28. The molecule has 0 fully saturated rings. The van der Waals surface area contributed by atoms with Crippen molar-refractivity contribution in [3.8, 4) is 0 Å². The Labute approximate surface area is 311 Å². The minimum Gasteiger partial charge on any atom is -0.382 e. The number of nitrogens with one attached hydrogen (secondary N) is 1. The van der Waals surface area contributed by atoms with Crippen LogP contribution >= 0.6 is 23.5 Å². The fraction of sp³-hybridized carbons (Fsp3) is 0.917. The average Bonchev–Trinajstić information content (AvgIpc) is 3.08. The minimum absolute atomic E-state index is 0.0106. The summed E-state index contributed by atoms with van der Waals surface area (Å²) in [5.74, 6) is 2.81. The highest BCUT2D eigenvalue weighted by Crippen LogP contribution is 2.20. The molecule has 0 radical (unpaired) electrons. The largest absolute Gasteiger partial charge is 0.382 e. The van der Waals surface area contributed by atoms with Gasteiger partial charge in [0.1, 0.15) is 5.78 Å². The summed E-state index contributed by atoms with van der Waals surface area (Å²) in [5, 5.41) is 3.06. The van der Waals surface area contributed by atoms with E-state index in [1.807, 2.05) is 20.8 Å². The fourth-order valence-electron chi connectivity index (χ4n) is 4.65. The van der Waals surface area contributed by atoms with E-state index in [0.29, 0.717) is 112 Å². The van der Waals surface area contributed by atoms with Gasteiger partial charge in [0.25, 0.3) is 0 Å². The SMILES string of the molecule is CC[C@@H](CCSCCOCCOCCOCCOC)C(=O)N[C@@H](CC(C)C)C(=O)CC(CCSCCOCCOCCOCCOC)C(C)=O. The molecule has 1 N–H and O–H groups in total. The predicted octanol–water partition coefficient (Wildman–Crippen LogP) is 4.35. The van der Waals surface area contributed by atoms with Crippen molar-refractivity contribution >= 4 is 41.0 Å². The topological polar surface area (TPSA) is 137 Å². The molecular formula is C36H69NO11S2. The number of hydrogen-bond acceptors (Lipinski definition) is 13. The van der Waals surface area contributed by atoms with E-state index in [1.165, 1.54) is 0 Å². The van der Waals surface area contributed by atoms with Gasteiger partial charge in [-0.05, 0) is 50.0 Å². The molecule has 1 amide bonds. The van der Waals surface area contributed by atoms with Crippen LogP contribution in [0.2, 0.25) is 0 Å². The number of ether oxygens (including phenoxy) is 8. The van der Waals surface area contributed by atoms with Gasteiger partial charge in [0, 0.05) is 44.0 Å².